The number of hydrogen-bond acceptors (Lipinski definition) is 5. The molecule has 1 aromatic heterocycles. The fourth-order valence-corrected chi connectivity index (χ4v) is 3.16. The highest BCUT2D eigenvalue weighted by Gasteiger charge is 2.27. The molecule has 0 radical (unpaired) electrons. The Labute approximate surface area is 142 Å². The van der Waals surface area contributed by atoms with Gasteiger partial charge in [0.05, 0.1) is 18.9 Å². The third-order valence-electron chi connectivity index (χ3n) is 4.63. The van der Waals surface area contributed by atoms with Crippen LogP contribution in [0.4, 0.5) is 0 Å². The third-order valence-corrected chi connectivity index (χ3v) is 4.63. The van der Waals surface area contributed by atoms with E-state index < -0.39 is 0 Å². The summed E-state index contributed by atoms with van der Waals surface area (Å²) < 4.78 is 11.0. The summed E-state index contributed by atoms with van der Waals surface area (Å²) in [5.41, 5.74) is 2.92. The van der Waals surface area contributed by atoms with Crippen LogP contribution in [0, 0.1) is 6.92 Å². The lowest BCUT2D eigenvalue weighted by molar-refractivity contribution is -0.0128. The van der Waals surface area contributed by atoms with Crippen molar-refractivity contribution in [1.82, 2.24) is 10.1 Å². The van der Waals surface area contributed by atoms with Crippen molar-refractivity contribution in [1.29, 1.82) is 0 Å². The normalized spacial score (nSPS) is 18.7. The molecule has 2 aromatic rings. The van der Waals surface area contributed by atoms with E-state index in [4.69, 9.17) is 9.26 Å². The highest BCUT2D eigenvalue weighted by molar-refractivity contribution is 5.96. The van der Waals surface area contributed by atoms with E-state index in [9.17, 15) is 4.79 Å². The molecule has 0 saturated carbocycles. The van der Waals surface area contributed by atoms with Crippen LogP contribution in [0.3, 0.4) is 0 Å². The Morgan fingerprint density at radius 3 is 2.88 bits per heavy atom. The van der Waals surface area contributed by atoms with Gasteiger partial charge in [0.25, 0.3) is 0 Å². The molecule has 3 rings (SSSR count). The van der Waals surface area contributed by atoms with Gasteiger partial charge in [-0.2, -0.15) is 0 Å². The molecular formula is C19H24N2O3. The molecule has 0 amide bonds. The lowest BCUT2D eigenvalue weighted by Gasteiger charge is -2.35. The second-order valence-corrected chi connectivity index (χ2v) is 6.21. The first-order chi connectivity index (χ1) is 11.7. The fraction of sp³-hybridized carbons (Fsp3) is 0.474. The molecule has 5 heteroatoms. The third kappa shape index (κ3) is 3.74. The summed E-state index contributed by atoms with van der Waals surface area (Å²) in [4.78, 5) is 14.9. The van der Waals surface area contributed by atoms with Gasteiger partial charge in [0.15, 0.2) is 5.78 Å². The van der Waals surface area contributed by atoms with E-state index in [1.807, 2.05) is 37.3 Å². The van der Waals surface area contributed by atoms with Gasteiger partial charge >= 0.3 is 0 Å². The minimum atomic E-state index is 0.0884. The van der Waals surface area contributed by atoms with Crippen molar-refractivity contribution >= 4 is 5.78 Å². The van der Waals surface area contributed by atoms with Crippen molar-refractivity contribution in [2.24, 2.45) is 0 Å². The molecule has 0 spiro atoms. The van der Waals surface area contributed by atoms with Crippen LogP contribution in [0.5, 0.6) is 0 Å². The number of carbonyl (C=O) groups is 1. The number of hydrogen-bond donors (Lipinski definition) is 0. The number of aryl methyl sites for hydroxylation is 2. The molecule has 128 valence electrons. The second-order valence-electron chi connectivity index (χ2n) is 6.21. The van der Waals surface area contributed by atoms with E-state index in [0.29, 0.717) is 19.6 Å². The summed E-state index contributed by atoms with van der Waals surface area (Å²) in [6.45, 7) is 6.89. The van der Waals surface area contributed by atoms with Gasteiger partial charge < -0.3 is 9.26 Å². The standard InChI is InChI=1S/C19H24N2O3/c1-3-18-17(14(2)24-20-18)12-21-9-10-23-13-16(21)11-19(22)15-7-5-4-6-8-15/h4-8,16H,3,9-13H2,1-2H3/t16-/m0/s1. The molecule has 5 nitrogen and oxygen atoms in total. The number of carbonyl (C=O) groups excluding carboxylic acids is 1. The van der Waals surface area contributed by atoms with E-state index in [0.717, 1.165) is 42.1 Å². The van der Waals surface area contributed by atoms with Crippen LogP contribution in [-0.4, -0.2) is 41.6 Å². The topological polar surface area (TPSA) is 55.6 Å². The summed E-state index contributed by atoms with van der Waals surface area (Å²) >= 11 is 0. The smallest absolute Gasteiger partial charge is 0.164 e. The molecule has 1 aliphatic heterocycles. The lowest BCUT2D eigenvalue weighted by atomic mass is 10.0. The number of nitrogens with zero attached hydrogens (tertiary/aromatic N) is 2. The molecule has 1 fully saturated rings. The number of benzene rings is 1. The van der Waals surface area contributed by atoms with Crippen LogP contribution in [0.25, 0.3) is 0 Å². The van der Waals surface area contributed by atoms with Crippen molar-refractivity contribution < 1.29 is 14.1 Å². The van der Waals surface area contributed by atoms with E-state index in [-0.39, 0.29) is 11.8 Å². The highest BCUT2D eigenvalue weighted by atomic mass is 16.5. The number of ether oxygens (including phenoxy) is 1. The maximum Gasteiger partial charge on any atom is 0.164 e. The van der Waals surface area contributed by atoms with Gasteiger partial charge in [-0.25, -0.2) is 0 Å². The van der Waals surface area contributed by atoms with Crippen LogP contribution < -0.4 is 0 Å². The minimum Gasteiger partial charge on any atom is -0.378 e. The predicted molar refractivity (Wildman–Crippen MR) is 91.0 cm³/mol. The number of rotatable bonds is 6. The number of morpholine rings is 1. The van der Waals surface area contributed by atoms with Crippen LogP contribution in [0.15, 0.2) is 34.9 Å². The van der Waals surface area contributed by atoms with E-state index in [1.54, 1.807) is 0 Å². The Hall–Kier alpha value is -1.98. The van der Waals surface area contributed by atoms with Gasteiger partial charge in [-0.1, -0.05) is 42.4 Å². The van der Waals surface area contributed by atoms with Gasteiger partial charge in [-0.3, -0.25) is 9.69 Å². The Kier molecular flexibility index (Phi) is 5.43. The summed E-state index contributed by atoms with van der Waals surface area (Å²) in [6.07, 6.45) is 1.32. The molecule has 0 bridgehead atoms. The van der Waals surface area contributed by atoms with Crippen molar-refractivity contribution in [3.8, 4) is 0 Å². The molecule has 1 saturated heterocycles. The van der Waals surface area contributed by atoms with E-state index in [1.165, 1.54) is 0 Å². The molecule has 0 N–H and O–H groups in total. The molecule has 0 unspecified atom stereocenters. The van der Waals surface area contributed by atoms with E-state index in [2.05, 4.69) is 17.0 Å². The zero-order valence-corrected chi connectivity index (χ0v) is 14.3. The zero-order chi connectivity index (χ0) is 16.9. The first-order valence-corrected chi connectivity index (χ1v) is 8.53. The van der Waals surface area contributed by atoms with Crippen molar-refractivity contribution in [2.45, 2.75) is 39.3 Å². The summed E-state index contributed by atoms with van der Waals surface area (Å²) in [5, 5.41) is 4.13. The molecule has 1 aromatic carbocycles. The van der Waals surface area contributed by atoms with Crippen LogP contribution in [0.1, 0.15) is 40.7 Å². The molecular weight excluding hydrogens is 304 g/mol. The summed E-state index contributed by atoms with van der Waals surface area (Å²) in [5.74, 6) is 1.03. The maximum atomic E-state index is 12.5. The second kappa shape index (κ2) is 7.73. The quantitative estimate of drug-likeness (QED) is 0.763. The van der Waals surface area contributed by atoms with Gasteiger partial charge in [-0.05, 0) is 13.3 Å². The van der Waals surface area contributed by atoms with Crippen LogP contribution >= 0.6 is 0 Å². The Morgan fingerprint density at radius 2 is 2.12 bits per heavy atom. The SMILES string of the molecule is CCc1noc(C)c1CN1CCOC[C@@H]1CC(=O)c1ccccc1. The van der Waals surface area contributed by atoms with Crippen LogP contribution in [0.2, 0.25) is 0 Å². The Bertz CT molecular complexity index is 681. The molecule has 1 aliphatic rings. The van der Waals surface area contributed by atoms with Gasteiger partial charge in [-0.15, -0.1) is 0 Å². The van der Waals surface area contributed by atoms with Crippen molar-refractivity contribution in [3.05, 3.63) is 52.9 Å². The Balaban J connectivity index is 1.71. The summed E-state index contributed by atoms with van der Waals surface area (Å²) in [7, 11) is 0. The maximum absolute atomic E-state index is 12.5. The zero-order valence-electron chi connectivity index (χ0n) is 14.3. The molecule has 1 atom stereocenters. The van der Waals surface area contributed by atoms with Gasteiger partial charge in [0.1, 0.15) is 5.76 Å². The highest BCUT2D eigenvalue weighted by Crippen LogP contribution is 2.21. The van der Waals surface area contributed by atoms with Crippen molar-refractivity contribution in [2.75, 3.05) is 19.8 Å². The average molecular weight is 328 g/mol. The minimum absolute atomic E-state index is 0.0884. The molecule has 24 heavy (non-hydrogen) atoms. The largest absolute Gasteiger partial charge is 0.378 e. The number of Topliss-reactive ketones (excluding diaryl/α,β-unsaturated/α-hetero) is 1. The monoisotopic (exact) mass is 328 g/mol. The van der Waals surface area contributed by atoms with Gasteiger partial charge in [0.2, 0.25) is 0 Å². The Morgan fingerprint density at radius 1 is 1.33 bits per heavy atom. The van der Waals surface area contributed by atoms with Crippen molar-refractivity contribution in [3.63, 3.8) is 0 Å². The fourth-order valence-electron chi connectivity index (χ4n) is 3.16. The first-order valence-electron chi connectivity index (χ1n) is 8.53. The van der Waals surface area contributed by atoms with Crippen LogP contribution in [-0.2, 0) is 17.7 Å². The summed E-state index contributed by atoms with van der Waals surface area (Å²) in [6, 6.07) is 9.55. The number of ketones is 1. The number of aromatic nitrogens is 1. The average Bonchev–Trinajstić information content (AvgIpc) is 2.97. The molecule has 0 aliphatic carbocycles. The predicted octanol–water partition coefficient (Wildman–Crippen LogP) is 3.02. The van der Waals surface area contributed by atoms with E-state index >= 15 is 0 Å². The lowest BCUT2D eigenvalue weighted by Crippen LogP contribution is -2.46. The van der Waals surface area contributed by atoms with Gasteiger partial charge in [0, 0.05) is 36.7 Å². The molecule has 2 heterocycles. The first kappa shape index (κ1) is 16.9.